The normalized spacial score (nSPS) is 19.6. The molecule has 0 radical (unpaired) electrons. The van der Waals surface area contributed by atoms with Gasteiger partial charge in [0.1, 0.15) is 11.1 Å². The molecule has 0 aliphatic heterocycles. The molecule has 6 heteroatoms. The number of halogens is 1. The lowest BCUT2D eigenvalue weighted by Gasteiger charge is -2.21. The molecule has 0 fully saturated rings. The summed E-state index contributed by atoms with van der Waals surface area (Å²) in [4.78, 5) is 40.6. The number of carbonyl (C=O) groups excluding carboxylic acids is 2. The highest BCUT2D eigenvalue weighted by Crippen LogP contribution is 2.24. The number of Topliss-reactive ketones (excluding diaryl/α,β-unsaturated/α-hetero) is 2. The fraction of sp³-hybridized carbons (Fsp3) is 0.158. The highest BCUT2D eigenvalue weighted by molar-refractivity contribution is 6.64. The van der Waals surface area contributed by atoms with Gasteiger partial charge in [-0.05, 0) is 5.56 Å². The molecule has 25 heavy (non-hydrogen) atoms. The topological polar surface area (TPSA) is 83.8 Å². The van der Waals surface area contributed by atoms with Crippen molar-refractivity contribution in [2.45, 2.75) is 17.8 Å². The van der Waals surface area contributed by atoms with Crippen molar-refractivity contribution in [1.82, 2.24) is 0 Å². The van der Waals surface area contributed by atoms with Crippen LogP contribution in [0.15, 0.2) is 59.6 Å². The second-order valence-electron chi connectivity index (χ2n) is 5.66. The zero-order chi connectivity index (χ0) is 18.0. The van der Waals surface area contributed by atoms with E-state index in [0.29, 0.717) is 0 Å². The van der Waals surface area contributed by atoms with Crippen LogP contribution < -0.4 is 0 Å². The average molecular weight is 356 g/mol. The first-order chi connectivity index (χ1) is 12.0. The maximum Gasteiger partial charge on any atom is 0.328 e. The molecule has 1 N–H and O–H groups in total. The van der Waals surface area contributed by atoms with E-state index in [-0.39, 0.29) is 23.3 Å². The number of aliphatic imine (C=N–C) groups is 1. The number of carboxylic acids is 1. The summed E-state index contributed by atoms with van der Waals surface area (Å²) in [6.45, 7) is 0. The summed E-state index contributed by atoms with van der Waals surface area (Å²) in [6.07, 6.45) is 0.104. The second-order valence-corrected chi connectivity index (χ2v) is 6.10. The quantitative estimate of drug-likeness (QED) is 0.855. The van der Waals surface area contributed by atoms with Crippen LogP contribution in [0, 0.1) is 0 Å². The van der Waals surface area contributed by atoms with Crippen LogP contribution in [0.25, 0.3) is 0 Å². The molecular weight excluding hydrogens is 342 g/mol. The zero-order valence-corrected chi connectivity index (χ0v) is 13.8. The van der Waals surface area contributed by atoms with E-state index in [4.69, 9.17) is 11.6 Å². The van der Waals surface area contributed by atoms with Gasteiger partial charge in [0.2, 0.25) is 5.78 Å². The SMILES string of the molecule is O=C1C(=N[C@@H](Cc2ccccc2)C(=O)O)C(Cl)C(=O)c2ccccc21. The van der Waals surface area contributed by atoms with Gasteiger partial charge in [0.25, 0.3) is 0 Å². The molecule has 1 unspecified atom stereocenters. The molecule has 0 spiro atoms. The average Bonchev–Trinajstić information content (AvgIpc) is 2.63. The molecule has 5 nitrogen and oxygen atoms in total. The molecular formula is C19H14ClNO4. The summed E-state index contributed by atoms with van der Waals surface area (Å²) >= 11 is 6.11. The van der Waals surface area contributed by atoms with Crippen LogP contribution in [0.5, 0.6) is 0 Å². The molecule has 2 aromatic rings. The lowest BCUT2D eigenvalue weighted by molar-refractivity contribution is -0.138. The van der Waals surface area contributed by atoms with Gasteiger partial charge < -0.3 is 5.11 Å². The minimum atomic E-state index is -1.28. The summed E-state index contributed by atoms with van der Waals surface area (Å²) < 4.78 is 0. The lowest BCUT2D eigenvalue weighted by Crippen LogP contribution is -2.39. The molecule has 126 valence electrons. The summed E-state index contributed by atoms with van der Waals surface area (Å²) in [5, 5.41) is 8.17. The number of rotatable bonds is 4. The van der Waals surface area contributed by atoms with E-state index >= 15 is 0 Å². The molecule has 0 heterocycles. The predicted molar refractivity (Wildman–Crippen MR) is 93.7 cm³/mol. The predicted octanol–water partition coefficient (Wildman–Crippen LogP) is 2.81. The Balaban J connectivity index is 1.99. The van der Waals surface area contributed by atoms with Gasteiger partial charge in [0.05, 0.1) is 0 Å². The number of hydrogen-bond donors (Lipinski definition) is 1. The van der Waals surface area contributed by atoms with Gasteiger partial charge in [-0.1, -0.05) is 54.6 Å². The first kappa shape index (κ1) is 17.0. The van der Waals surface area contributed by atoms with Crippen molar-refractivity contribution in [3.8, 4) is 0 Å². The maximum atomic E-state index is 12.6. The number of alkyl halides is 1. The minimum absolute atomic E-state index is 0.104. The number of ketones is 2. The maximum absolute atomic E-state index is 12.6. The van der Waals surface area contributed by atoms with Gasteiger partial charge in [-0.15, -0.1) is 11.6 Å². The van der Waals surface area contributed by atoms with Crippen LogP contribution in [0.2, 0.25) is 0 Å². The third kappa shape index (κ3) is 3.37. The smallest absolute Gasteiger partial charge is 0.328 e. The van der Waals surface area contributed by atoms with Crippen molar-refractivity contribution < 1.29 is 19.5 Å². The highest BCUT2D eigenvalue weighted by Gasteiger charge is 2.38. The van der Waals surface area contributed by atoms with Crippen LogP contribution in [-0.2, 0) is 11.2 Å². The molecule has 0 bridgehead atoms. The summed E-state index contributed by atoms with van der Waals surface area (Å²) in [6, 6.07) is 14.1. The number of carbonyl (C=O) groups is 3. The molecule has 2 aromatic carbocycles. The van der Waals surface area contributed by atoms with Crippen molar-refractivity contribution in [2.24, 2.45) is 4.99 Å². The zero-order valence-electron chi connectivity index (χ0n) is 13.1. The third-order valence-electron chi connectivity index (χ3n) is 3.99. The van der Waals surface area contributed by atoms with Crippen molar-refractivity contribution in [3.05, 3.63) is 71.3 Å². The van der Waals surface area contributed by atoms with E-state index in [2.05, 4.69) is 4.99 Å². The molecule has 1 aliphatic carbocycles. The van der Waals surface area contributed by atoms with E-state index in [0.717, 1.165) is 5.56 Å². The van der Waals surface area contributed by atoms with E-state index in [9.17, 15) is 19.5 Å². The Morgan fingerprint density at radius 2 is 1.64 bits per heavy atom. The molecule has 1 aliphatic rings. The first-order valence-corrected chi connectivity index (χ1v) is 8.09. The number of fused-ring (bicyclic) bond motifs is 1. The van der Waals surface area contributed by atoms with E-state index in [1.807, 2.05) is 6.07 Å². The van der Waals surface area contributed by atoms with Gasteiger partial charge in [0, 0.05) is 17.5 Å². The molecule has 0 saturated heterocycles. The number of benzene rings is 2. The van der Waals surface area contributed by atoms with Gasteiger partial charge in [-0.3, -0.25) is 14.6 Å². The molecule has 2 atom stereocenters. The molecule has 0 saturated carbocycles. The fourth-order valence-electron chi connectivity index (χ4n) is 2.73. The molecule has 3 rings (SSSR count). The van der Waals surface area contributed by atoms with Gasteiger partial charge in [-0.25, -0.2) is 4.79 Å². The van der Waals surface area contributed by atoms with E-state index < -0.39 is 29.0 Å². The highest BCUT2D eigenvalue weighted by atomic mass is 35.5. The number of aliphatic carboxylic acids is 1. The van der Waals surface area contributed by atoms with Crippen LogP contribution in [0.1, 0.15) is 26.3 Å². The first-order valence-electron chi connectivity index (χ1n) is 7.65. The van der Waals surface area contributed by atoms with E-state index in [1.54, 1.807) is 36.4 Å². The van der Waals surface area contributed by atoms with Crippen molar-refractivity contribution >= 4 is 34.8 Å². The summed E-state index contributed by atoms with van der Waals surface area (Å²) in [5.74, 6) is -2.13. The van der Waals surface area contributed by atoms with Crippen molar-refractivity contribution in [1.29, 1.82) is 0 Å². The largest absolute Gasteiger partial charge is 0.480 e. The lowest BCUT2D eigenvalue weighted by atomic mass is 9.87. The van der Waals surface area contributed by atoms with Gasteiger partial charge in [-0.2, -0.15) is 0 Å². The monoisotopic (exact) mass is 355 g/mol. The van der Waals surface area contributed by atoms with Gasteiger partial charge in [0.15, 0.2) is 11.8 Å². The van der Waals surface area contributed by atoms with Crippen LogP contribution in [0.4, 0.5) is 0 Å². The second kappa shape index (κ2) is 6.99. The minimum Gasteiger partial charge on any atom is -0.480 e. The van der Waals surface area contributed by atoms with E-state index in [1.165, 1.54) is 12.1 Å². The van der Waals surface area contributed by atoms with Crippen molar-refractivity contribution in [2.75, 3.05) is 0 Å². The standard InChI is InChI=1S/C19H14ClNO4/c20-15-16(18(23)13-9-5-4-8-12(13)17(15)22)21-14(19(24)25)10-11-6-2-1-3-7-11/h1-9,14-15H,10H2,(H,24,25)/t14-,15?/m0/s1. The Labute approximate surface area is 149 Å². The summed E-state index contributed by atoms with van der Waals surface area (Å²) in [7, 11) is 0. The Bertz CT molecular complexity index is 876. The Morgan fingerprint density at radius 3 is 2.28 bits per heavy atom. The number of nitrogens with zero attached hydrogens (tertiary/aromatic N) is 1. The Morgan fingerprint density at radius 1 is 1.04 bits per heavy atom. The van der Waals surface area contributed by atoms with Crippen LogP contribution in [0.3, 0.4) is 0 Å². The number of hydrogen-bond acceptors (Lipinski definition) is 4. The Kier molecular flexibility index (Phi) is 4.76. The Hall–Kier alpha value is -2.79. The van der Waals surface area contributed by atoms with Gasteiger partial charge >= 0.3 is 5.97 Å². The molecule has 0 aromatic heterocycles. The summed E-state index contributed by atoms with van der Waals surface area (Å²) in [5.41, 5.74) is 0.988. The third-order valence-corrected chi connectivity index (χ3v) is 4.40. The van der Waals surface area contributed by atoms with Crippen LogP contribution >= 0.6 is 11.6 Å². The number of carboxylic acid groups (broad SMARTS) is 1. The fourth-order valence-corrected chi connectivity index (χ4v) is 3.00. The van der Waals surface area contributed by atoms with Crippen LogP contribution in [-0.4, -0.2) is 39.8 Å². The molecule has 0 amide bonds. The van der Waals surface area contributed by atoms with Crippen molar-refractivity contribution in [3.63, 3.8) is 0 Å².